The molecule has 1 fully saturated rings. The molecule has 4 rings (SSSR count). The number of piperidine rings is 1. The van der Waals surface area contributed by atoms with E-state index < -0.39 is 15.9 Å². The van der Waals surface area contributed by atoms with Crippen LogP contribution in [-0.2, 0) is 16.6 Å². The molecule has 0 atom stereocenters. The smallest absolute Gasteiger partial charge is 0.269 e. The fourth-order valence-electron chi connectivity index (χ4n) is 3.59. The second-order valence-electron chi connectivity index (χ2n) is 6.86. The second-order valence-corrected chi connectivity index (χ2v) is 8.69. The largest absolute Gasteiger partial charge is 0.339 e. The average molecular weight is 384 g/mol. The number of hydrogen-bond donors (Lipinski definition) is 0. The first-order chi connectivity index (χ1) is 13.0. The molecular formula is C20H20N2O4S. The molecule has 140 valence electrons. The van der Waals surface area contributed by atoms with Gasteiger partial charge in [-0.25, -0.2) is 12.7 Å². The predicted octanol–water partition coefficient (Wildman–Crippen LogP) is 2.66. The van der Waals surface area contributed by atoms with Crippen molar-refractivity contribution in [2.45, 2.75) is 30.7 Å². The van der Waals surface area contributed by atoms with Crippen LogP contribution in [0.2, 0.25) is 0 Å². The van der Waals surface area contributed by atoms with Crippen LogP contribution in [0.4, 0.5) is 0 Å². The highest BCUT2D eigenvalue weighted by molar-refractivity contribution is 7.90. The van der Waals surface area contributed by atoms with Gasteiger partial charge in [-0.2, -0.15) is 0 Å². The first-order valence-corrected chi connectivity index (χ1v) is 10.5. The third kappa shape index (κ3) is 3.12. The second kappa shape index (κ2) is 6.81. The summed E-state index contributed by atoms with van der Waals surface area (Å²) >= 11 is 0. The van der Waals surface area contributed by atoms with Gasteiger partial charge in [-0.15, -0.1) is 0 Å². The number of nitrogens with zero attached hydrogens (tertiary/aromatic N) is 2. The van der Waals surface area contributed by atoms with Crippen molar-refractivity contribution in [2.75, 3.05) is 13.1 Å². The number of likely N-dealkylation sites (tertiary alicyclic amines) is 1. The molecule has 7 heteroatoms. The summed E-state index contributed by atoms with van der Waals surface area (Å²) in [6.07, 6.45) is 3.21. The van der Waals surface area contributed by atoms with Crippen molar-refractivity contribution in [3.05, 3.63) is 65.2 Å². The van der Waals surface area contributed by atoms with Gasteiger partial charge in [0.15, 0.2) is 0 Å². The molecule has 2 aromatic carbocycles. The molecule has 2 aliphatic rings. The Labute approximate surface area is 158 Å². The highest BCUT2D eigenvalue weighted by atomic mass is 32.2. The number of hydrogen-bond acceptors (Lipinski definition) is 4. The number of carbonyl (C=O) groups excluding carboxylic acids is 2. The van der Waals surface area contributed by atoms with Crippen LogP contribution in [0.25, 0.3) is 0 Å². The van der Waals surface area contributed by atoms with E-state index >= 15 is 0 Å². The zero-order chi connectivity index (χ0) is 19.0. The SMILES string of the molecule is O=C(c1ccc(CN2C(=O)c3ccccc3S2(=O)=O)cc1)N1CCCCC1. The summed E-state index contributed by atoms with van der Waals surface area (Å²) in [5, 5.41) is 0. The van der Waals surface area contributed by atoms with Gasteiger partial charge >= 0.3 is 0 Å². The Morgan fingerprint density at radius 1 is 0.926 bits per heavy atom. The summed E-state index contributed by atoms with van der Waals surface area (Å²) in [6.45, 7) is 1.51. The van der Waals surface area contributed by atoms with E-state index in [1.165, 1.54) is 12.1 Å². The van der Waals surface area contributed by atoms with Crippen LogP contribution in [0.15, 0.2) is 53.4 Å². The van der Waals surface area contributed by atoms with Crippen LogP contribution in [0.3, 0.4) is 0 Å². The minimum atomic E-state index is -3.83. The Hall–Kier alpha value is -2.67. The fourth-order valence-corrected chi connectivity index (χ4v) is 5.14. The number of rotatable bonds is 3. The summed E-state index contributed by atoms with van der Waals surface area (Å²) in [6, 6.07) is 13.1. The van der Waals surface area contributed by atoms with E-state index in [1.807, 2.05) is 4.90 Å². The standard InChI is InChI=1S/C20H20N2O4S/c23-19(21-12-4-1-5-13-21)16-10-8-15(9-11-16)14-22-20(24)17-6-2-3-7-18(17)27(22,25)26/h2-3,6-11H,1,4-5,12-14H2. The summed E-state index contributed by atoms with van der Waals surface area (Å²) in [7, 11) is -3.83. The van der Waals surface area contributed by atoms with E-state index in [1.54, 1.807) is 36.4 Å². The van der Waals surface area contributed by atoms with E-state index in [0.29, 0.717) is 11.1 Å². The van der Waals surface area contributed by atoms with Gasteiger partial charge in [-0.05, 0) is 49.1 Å². The topological polar surface area (TPSA) is 74.8 Å². The van der Waals surface area contributed by atoms with Crippen LogP contribution >= 0.6 is 0 Å². The zero-order valence-corrected chi connectivity index (χ0v) is 15.6. The molecule has 0 N–H and O–H groups in total. The lowest BCUT2D eigenvalue weighted by Crippen LogP contribution is -2.35. The maximum absolute atomic E-state index is 12.6. The lowest BCUT2D eigenvalue weighted by atomic mass is 10.1. The molecule has 0 unspecified atom stereocenters. The normalized spacial score (nSPS) is 18.4. The summed E-state index contributed by atoms with van der Waals surface area (Å²) in [4.78, 5) is 26.9. The van der Waals surface area contributed by atoms with Gasteiger partial charge < -0.3 is 4.90 Å². The number of carbonyl (C=O) groups is 2. The van der Waals surface area contributed by atoms with Gasteiger partial charge in [0.05, 0.1) is 12.1 Å². The average Bonchev–Trinajstić information content (AvgIpc) is 2.90. The molecule has 0 saturated carbocycles. The summed E-state index contributed by atoms with van der Waals surface area (Å²) in [5.74, 6) is -0.516. The number of amides is 2. The van der Waals surface area contributed by atoms with Gasteiger partial charge in [-0.1, -0.05) is 24.3 Å². The molecule has 2 amide bonds. The number of benzene rings is 2. The third-order valence-corrected chi connectivity index (χ3v) is 6.87. The van der Waals surface area contributed by atoms with E-state index in [9.17, 15) is 18.0 Å². The van der Waals surface area contributed by atoms with Crippen molar-refractivity contribution in [2.24, 2.45) is 0 Å². The Morgan fingerprint density at radius 3 is 2.26 bits per heavy atom. The fraction of sp³-hybridized carbons (Fsp3) is 0.300. The predicted molar refractivity (Wildman–Crippen MR) is 99.7 cm³/mol. The van der Waals surface area contributed by atoms with Gasteiger partial charge in [0.25, 0.3) is 21.8 Å². The van der Waals surface area contributed by atoms with Crippen molar-refractivity contribution >= 4 is 21.8 Å². The van der Waals surface area contributed by atoms with Crippen LogP contribution in [0.5, 0.6) is 0 Å². The molecule has 2 aromatic rings. The Balaban J connectivity index is 1.52. The molecule has 27 heavy (non-hydrogen) atoms. The van der Waals surface area contributed by atoms with Crippen molar-refractivity contribution in [1.82, 2.24) is 9.21 Å². The maximum atomic E-state index is 12.6. The van der Waals surface area contributed by atoms with Crippen LogP contribution in [-0.4, -0.2) is 42.5 Å². The van der Waals surface area contributed by atoms with Gasteiger partial charge in [-0.3, -0.25) is 9.59 Å². The Kier molecular flexibility index (Phi) is 4.47. The monoisotopic (exact) mass is 384 g/mol. The lowest BCUT2D eigenvalue weighted by Gasteiger charge is -2.26. The molecule has 0 bridgehead atoms. The van der Waals surface area contributed by atoms with Crippen molar-refractivity contribution in [3.63, 3.8) is 0 Å². The Bertz CT molecular complexity index is 993. The Morgan fingerprint density at radius 2 is 1.59 bits per heavy atom. The van der Waals surface area contributed by atoms with Crippen molar-refractivity contribution in [1.29, 1.82) is 0 Å². The van der Waals surface area contributed by atoms with E-state index in [2.05, 4.69) is 0 Å². The van der Waals surface area contributed by atoms with Gasteiger partial charge in [0.1, 0.15) is 4.90 Å². The van der Waals surface area contributed by atoms with E-state index in [-0.39, 0.29) is 22.9 Å². The molecule has 0 spiro atoms. The van der Waals surface area contributed by atoms with Crippen molar-refractivity contribution < 1.29 is 18.0 Å². The quantitative estimate of drug-likeness (QED) is 0.815. The highest BCUT2D eigenvalue weighted by Crippen LogP contribution is 2.31. The molecule has 0 radical (unpaired) electrons. The number of sulfonamides is 1. The van der Waals surface area contributed by atoms with Crippen LogP contribution in [0, 0.1) is 0 Å². The molecule has 0 aromatic heterocycles. The lowest BCUT2D eigenvalue weighted by molar-refractivity contribution is 0.0723. The molecule has 0 aliphatic carbocycles. The third-order valence-electron chi connectivity index (χ3n) is 5.08. The van der Waals surface area contributed by atoms with Gasteiger partial charge in [0.2, 0.25) is 0 Å². The molecular weight excluding hydrogens is 364 g/mol. The molecule has 6 nitrogen and oxygen atoms in total. The molecule has 1 saturated heterocycles. The highest BCUT2D eigenvalue weighted by Gasteiger charge is 2.40. The van der Waals surface area contributed by atoms with Crippen LogP contribution < -0.4 is 0 Å². The molecule has 2 aliphatic heterocycles. The summed E-state index contributed by atoms with van der Waals surface area (Å²) in [5.41, 5.74) is 1.45. The van der Waals surface area contributed by atoms with E-state index in [4.69, 9.17) is 0 Å². The summed E-state index contributed by atoms with van der Waals surface area (Å²) < 4.78 is 26.1. The van der Waals surface area contributed by atoms with Gasteiger partial charge in [0, 0.05) is 18.7 Å². The molecule has 2 heterocycles. The minimum absolute atomic E-state index is 0.00137. The van der Waals surface area contributed by atoms with Crippen LogP contribution in [0.1, 0.15) is 45.5 Å². The zero-order valence-electron chi connectivity index (χ0n) is 14.8. The van der Waals surface area contributed by atoms with E-state index in [0.717, 1.165) is 36.7 Å². The number of fused-ring (bicyclic) bond motifs is 1. The maximum Gasteiger partial charge on any atom is 0.269 e. The first-order valence-electron chi connectivity index (χ1n) is 9.03. The minimum Gasteiger partial charge on any atom is -0.339 e. The first kappa shape index (κ1) is 17.7. The van der Waals surface area contributed by atoms with Crippen molar-refractivity contribution in [3.8, 4) is 0 Å².